The van der Waals surface area contributed by atoms with Crippen molar-refractivity contribution in [2.24, 2.45) is 0 Å². The van der Waals surface area contributed by atoms with Crippen LogP contribution in [0.15, 0.2) is 0 Å². The molecule has 0 bridgehead atoms. The molecule has 0 aromatic rings. The van der Waals surface area contributed by atoms with Gasteiger partial charge in [0.05, 0.1) is 32.0 Å². The van der Waals surface area contributed by atoms with Gasteiger partial charge in [-0.1, -0.05) is 0 Å². The van der Waals surface area contributed by atoms with Gasteiger partial charge in [-0.2, -0.15) is 0 Å². The number of hydrogen-bond acceptors (Lipinski definition) is 14. The summed E-state index contributed by atoms with van der Waals surface area (Å²) in [6.45, 7) is -1.63. The minimum absolute atomic E-state index is 0.132. The summed E-state index contributed by atoms with van der Waals surface area (Å²) < 4.78 is 21.7. The van der Waals surface area contributed by atoms with Crippen LogP contribution in [-0.2, 0) is 18.9 Å². The summed E-state index contributed by atoms with van der Waals surface area (Å²) in [5.74, 6) is 0. The molecule has 3 aliphatic heterocycles. The first-order valence-electron chi connectivity index (χ1n) is 9.99. The van der Waals surface area contributed by atoms with Crippen LogP contribution < -0.4 is 5.32 Å². The van der Waals surface area contributed by atoms with Crippen molar-refractivity contribution in [1.82, 2.24) is 5.32 Å². The van der Waals surface area contributed by atoms with Crippen LogP contribution >= 0.6 is 0 Å². The van der Waals surface area contributed by atoms with Crippen molar-refractivity contribution in [3.63, 3.8) is 0 Å². The van der Waals surface area contributed by atoms with Crippen molar-refractivity contribution in [2.75, 3.05) is 26.4 Å². The van der Waals surface area contributed by atoms with Gasteiger partial charge >= 0.3 is 0 Å². The van der Waals surface area contributed by atoms with E-state index in [0.717, 1.165) is 0 Å². The molecule has 0 aromatic carbocycles. The molecule has 13 atom stereocenters. The van der Waals surface area contributed by atoms with Crippen molar-refractivity contribution in [2.45, 2.75) is 79.7 Å². The fraction of sp³-hybridized carbons (Fsp3) is 1.00. The Kier molecular flexibility index (Phi) is 8.56. The van der Waals surface area contributed by atoms with Crippen molar-refractivity contribution in [1.29, 1.82) is 0 Å². The molecule has 0 saturated carbocycles. The highest BCUT2D eigenvalue weighted by Crippen LogP contribution is 2.30. The monoisotopic (exact) mass is 457 g/mol. The van der Waals surface area contributed by atoms with Crippen LogP contribution in [0.4, 0.5) is 0 Å². The highest BCUT2D eigenvalue weighted by Gasteiger charge is 2.52. The highest BCUT2D eigenvalue weighted by molar-refractivity contribution is 4.96. The third-order valence-corrected chi connectivity index (χ3v) is 5.81. The van der Waals surface area contributed by atoms with Gasteiger partial charge in [0.15, 0.2) is 12.6 Å². The molecule has 0 radical (unpaired) electrons. The predicted octanol–water partition coefficient (Wildman–Crippen LogP) is -6.68. The summed E-state index contributed by atoms with van der Waals surface area (Å²) in [7, 11) is 0. The topological polar surface area (TPSA) is 231 Å². The number of aliphatic hydroxyl groups excluding tert-OH is 9. The first-order chi connectivity index (χ1) is 14.7. The van der Waals surface area contributed by atoms with Gasteiger partial charge in [0, 0.05) is 6.54 Å². The lowest BCUT2D eigenvalue weighted by atomic mass is 9.97. The molecule has 31 heavy (non-hydrogen) atoms. The van der Waals surface area contributed by atoms with Crippen LogP contribution in [0, 0.1) is 0 Å². The fourth-order valence-corrected chi connectivity index (χ4v) is 3.95. The second-order valence-electron chi connectivity index (χ2n) is 7.87. The molecule has 0 amide bonds. The predicted molar refractivity (Wildman–Crippen MR) is 96.2 cm³/mol. The van der Waals surface area contributed by atoms with Crippen LogP contribution in [-0.4, -0.2) is 152 Å². The van der Waals surface area contributed by atoms with Crippen LogP contribution in [0.25, 0.3) is 0 Å². The number of aliphatic hydroxyl groups is 9. The standard InChI is InChI=1S/C17H31NO13/c19-2-5-14(6(22)1-18-5)30-17-13(27)11(25)15(8(4-21)29-17)31-16-12(26)10(24)9(23)7(3-20)28-16/h5-27H,1-4H2/t5?,6?,7-,8-,9-,10+,11-,12-,13-,14?,15?,16+,17-/m1/s1. The van der Waals surface area contributed by atoms with Crippen molar-refractivity contribution >= 4 is 0 Å². The molecule has 3 fully saturated rings. The van der Waals surface area contributed by atoms with Gasteiger partial charge in [-0.05, 0) is 0 Å². The second-order valence-corrected chi connectivity index (χ2v) is 7.87. The Morgan fingerprint density at radius 2 is 1.19 bits per heavy atom. The van der Waals surface area contributed by atoms with E-state index in [1.54, 1.807) is 0 Å². The molecule has 4 unspecified atom stereocenters. The first-order valence-corrected chi connectivity index (χ1v) is 9.99. The highest BCUT2D eigenvalue weighted by atomic mass is 16.7. The zero-order valence-corrected chi connectivity index (χ0v) is 16.5. The summed E-state index contributed by atoms with van der Waals surface area (Å²) in [6.07, 6.45) is -17.6. The van der Waals surface area contributed by atoms with E-state index in [9.17, 15) is 46.0 Å². The molecular formula is C17H31NO13. The molecule has 0 aromatic heterocycles. The molecular weight excluding hydrogens is 426 g/mol. The number of nitrogens with one attached hydrogen (secondary N) is 1. The number of ether oxygens (including phenoxy) is 4. The van der Waals surface area contributed by atoms with E-state index in [-0.39, 0.29) is 13.2 Å². The lowest BCUT2D eigenvalue weighted by Gasteiger charge is -2.46. The zero-order chi connectivity index (χ0) is 22.9. The summed E-state index contributed by atoms with van der Waals surface area (Å²) >= 11 is 0. The number of hydrogen-bond donors (Lipinski definition) is 10. The van der Waals surface area contributed by atoms with Gasteiger partial charge in [-0.25, -0.2) is 0 Å². The van der Waals surface area contributed by atoms with E-state index >= 15 is 0 Å². The summed E-state index contributed by atoms with van der Waals surface area (Å²) in [4.78, 5) is 0. The maximum atomic E-state index is 10.6. The third-order valence-electron chi connectivity index (χ3n) is 5.81. The van der Waals surface area contributed by atoms with E-state index in [1.165, 1.54) is 0 Å². The smallest absolute Gasteiger partial charge is 0.187 e. The van der Waals surface area contributed by atoms with Crippen LogP contribution in [0.3, 0.4) is 0 Å². The van der Waals surface area contributed by atoms with E-state index in [2.05, 4.69) is 5.32 Å². The van der Waals surface area contributed by atoms with E-state index in [4.69, 9.17) is 18.9 Å². The Labute approximate surface area is 177 Å². The Balaban J connectivity index is 1.69. The molecule has 10 N–H and O–H groups in total. The molecule has 14 heteroatoms. The largest absolute Gasteiger partial charge is 0.395 e. The van der Waals surface area contributed by atoms with E-state index in [0.29, 0.717) is 0 Å². The fourth-order valence-electron chi connectivity index (χ4n) is 3.95. The lowest BCUT2D eigenvalue weighted by Crippen LogP contribution is -2.65. The van der Waals surface area contributed by atoms with Gasteiger partial charge in [0.1, 0.15) is 54.9 Å². The van der Waals surface area contributed by atoms with Crippen LogP contribution in [0.2, 0.25) is 0 Å². The number of rotatable bonds is 7. The molecule has 3 rings (SSSR count). The van der Waals surface area contributed by atoms with Crippen molar-refractivity contribution in [3.05, 3.63) is 0 Å². The molecule has 0 spiro atoms. The number of β-amino-alcohol motifs (C(OH)–C–C–N with tert-alkyl or cyclic N) is 1. The Bertz CT molecular complexity index is 568. The third kappa shape index (κ3) is 5.02. The average Bonchev–Trinajstić information content (AvgIpc) is 3.12. The molecule has 14 nitrogen and oxygen atoms in total. The Hall–Kier alpha value is -0.560. The van der Waals surface area contributed by atoms with Gasteiger partial charge < -0.3 is 70.2 Å². The molecule has 182 valence electrons. The summed E-state index contributed by atoms with van der Waals surface area (Å²) in [6, 6.07) is -0.640. The summed E-state index contributed by atoms with van der Waals surface area (Å²) in [5, 5.41) is 92.0. The quantitative estimate of drug-likeness (QED) is 0.171. The Morgan fingerprint density at radius 3 is 1.77 bits per heavy atom. The first kappa shape index (κ1) is 25.1. The van der Waals surface area contributed by atoms with Crippen molar-refractivity contribution < 1.29 is 64.9 Å². The van der Waals surface area contributed by atoms with Gasteiger partial charge in [-0.3, -0.25) is 0 Å². The lowest BCUT2D eigenvalue weighted by molar-refractivity contribution is -0.364. The molecule has 3 saturated heterocycles. The van der Waals surface area contributed by atoms with Crippen LogP contribution in [0.5, 0.6) is 0 Å². The molecule has 3 heterocycles. The SMILES string of the molecule is OCC1NCC(O)C1O[C@H]1O[C@H](CO)C(O[C@@H]2O[C@H](CO)[C@@H](O)[C@H](O)[C@H]2O)[C@H](O)[C@H]1O. The van der Waals surface area contributed by atoms with Gasteiger partial charge in [0.2, 0.25) is 0 Å². The minimum Gasteiger partial charge on any atom is -0.395 e. The molecule has 3 aliphatic rings. The van der Waals surface area contributed by atoms with Crippen molar-refractivity contribution in [3.8, 4) is 0 Å². The van der Waals surface area contributed by atoms with Gasteiger partial charge in [-0.15, -0.1) is 0 Å². The van der Waals surface area contributed by atoms with E-state index < -0.39 is 92.9 Å². The van der Waals surface area contributed by atoms with E-state index in [1.807, 2.05) is 0 Å². The zero-order valence-electron chi connectivity index (χ0n) is 16.5. The Morgan fingerprint density at radius 1 is 0.645 bits per heavy atom. The van der Waals surface area contributed by atoms with Gasteiger partial charge in [0.25, 0.3) is 0 Å². The minimum atomic E-state index is -1.76. The van der Waals surface area contributed by atoms with Crippen LogP contribution in [0.1, 0.15) is 0 Å². The maximum absolute atomic E-state index is 10.6. The maximum Gasteiger partial charge on any atom is 0.187 e. The summed E-state index contributed by atoms with van der Waals surface area (Å²) in [5.41, 5.74) is 0. The normalized spacial score (nSPS) is 51.2. The molecule has 0 aliphatic carbocycles. The average molecular weight is 457 g/mol. The second kappa shape index (κ2) is 10.6.